The van der Waals surface area contributed by atoms with E-state index in [2.05, 4.69) is 4.94 Å². The number of hydrogen-bond acceptors (Lipinski definition) is 1. The first-order chi connectivity index (χ1) is 4.34. The predicted octanol–water partition coefficient (Wildman–Crippen LogP) is 2.47. The van der Waals surface area contributed by atoms with Crippen LogP contribution >= 0.6 is 0 Å². The van der Waals surface area contributed by atoms with E-state index in [1.165, 1.54) is 6.42 Å². The maximum absolute atomic E-state index is 11.6. The minimum Gasteiger partial charge on any atom is -0.191 e. The lowest BCUT2D eigenvalue weighted by molar-refractivity contribution is -0.201. The van der Waals surface area contributed by atoms with Crippen molar-refractivity contribution in [3.8, 4) is 0 Å². The summed E-state index contributed by atoms with van der Waals surface area (Å²) < 4.78 is 11.6. The summed E-state index contributed by atoms with van der Waals surface area (Å²) in [6.07, 6.45) is 4.27. The highest BCUT2D eigenvalue weighted by Crippen LogP contribution is 2.26. The molecule has 0 N–H and O–H groups in total. The molecule has 0 aromatic heterocycles. The van der Waals surface area contributed by atoms with Gasteiger partial charge in [0.2, 0.25) is 0 Å². The first-order valence-corrected chi connectivity index (χ1v) is 3.62. The lowest BCUT2D eigenvalue weighted by atomic mass is 9.88. The van der Waals surface area contributed by atoms with Crippen LogP contribution in [0.1, 0.15) is 32.6 Å². The third-order valence-electron chi connectivity index (χ3n) is 2.15. The zero-order valence-electron chi connectivity index (χ0n) is 5.77. The summed E-state index contributed by atoms with van der Waals surface area (Å²) in [7, 11) is 0. The fourth-order valence-electron chi connectivity index (χ4n) is 1.41. The summed E-state index contributed by atoms with van der Waals surface area (Å²) in [5.41, 5.74) is 0. The fraction of sp³-hybridized carbons (Fsp3) is 1.00. The first kappa shape index (κ1) is 7.00. The average Bonchev–Trinajstić information content (AvgIpc) is 1.89. The maximum atomic E-state index is 11.6. The van der Waals surface area contributed by atoms with Crippen molar-refractivity contribution < 1.29 is 9.47 Å². The minimum atomic E-state index is -0.112. The van der Waals surface area contributed by atoms with Crippen molar-refractivity contribution in [3.63, 3.8) is 0 Å². The monoisotopic (exact) mass is 132 g/mol. The molecule has 0 heterocycles. The van der Waals surface area contributed by atoms with Crippen LogP contribution < -0.4 is 0 Å². The van der Waals surface area contributed by atoms with Gasteiger partial charge in [-0.1, -0.05) is 19.8 Å². The number of halogens is 1. The van der Waals surface area contributed by atoms with Gasteiger partial charge >= 0.3 is 0 Å². The van der Waals surface area contributed by atoms with E-state index < -0.39 is 0 Å². The van der Waals surface area contributed by atoms with Gasteiger partial charge in [0, 0.05) is 0 Å². The van der Waals surface area contributed by atoms with E-state index in [0.717, 1.165) is 19.3 Å². The van der Waals surface area contributed by atoms with E-state index in [0.29, 0.717) is 5.92 Å². The standard InChI is InChI=1S/C7H13FO/c1-6-4-2-3-5-7(6)9-8/h6-7H,2-5H2,1H3. The smallest absolute Gasteiger partial charge is 0.101 e. The topological polar surface area (TPSA) is 9.23 Å². The molecule has 2 heteroatoms. The highest BCUT2D eigenvalue weighted by Gasteiger charge is 2.22. The lowest BCUT2D eigenvalue weighted by Crippen LogP contribution is -2.22. The third kappa shape index (κ3) is 1.65. The Morgan fingerprint density at radius 1 is 1.33 bits per heavy atom. The van der Waals surface area contributed by atoms with Gasteiger partial charge in [0.05, 0.1) is 0 Å². The van der Waals surface area contributed by atoms with E-state index in [4.69, 9.17) is 0 Å². The predicted molar refractivity (Wildman–Crippen MR) is 33.6 cm³/mol. The molecule has 2 atom stereocenters. The summed E-state index contributed by atoms with van der Waals surface area (Å²) in [4.78, 5) is 3.80. The summed E-state index contributed by atoms with van der Waals surface area (Å²) in [6, 6.07) is 0. The van der Waals surface area contributed by atoms with Crippen molar-refractivity contribution in [1.29, 1.82) is 0 Å². The van der Waals surface area contributed by atoms with Crippen molar-refractivity contribution in [2.75, 3.05) is 0 Å². The maximum Gasteiger partial charge on any atom is 0.101 e. The van der Waals surface area contributed by atoms with E-state index >= 15 is 0 Å². The highest BCUT2D eigenvalue weighted by molar-refractivity contribution is 4.70. The molecule has 1 aliphatic carbocycles. The van der Waals surface area contributed by atoms with Crippen molar-refractivity contribution in [1.82, 2.24) is 0 Å². The van der Waals surface area contributed by atoms with Crippen LogP contribution in [0.25, 0.3) is 0 Å². The van der Waals surface area contributed by atoms with Crippen molar-refractivity contribution in [2.45, 2.75) is 38.7 Å². The van der Waals surface area contributed by atoms with E-state index in [1.807, 2.05) is 6.92 Å². The van der Waals surface area contributed by atoms with Crippen LogP contribution in [0.15, 0.2) is 0 Å². The molecule has 0 spiro atoms. The molecule has 0 amide bonds. The number of hydrogen-bond donors (Lipinski definition) is 0. The normalized spacial score (nSPS) is 36.7. The van der Waals surface area contributed by atoms with E-state index in [1.54, 1.807) is 0 Å². The fourth-order valence-corrected chi connectivity index (χ4v) is 1.41. The summed E-state index contributed by atoms with van der Waals surface area (Å²) in [6.45, 7) is 2.05. The molecule has 1 nitrogen and oxygen atoms in total. The van der Waals surface area contributed by atoms with Gasteiger partial charge < -0.3 is 0 Å². The molecule has 0 aromatic carbocycles. The molecule has 9 heavy (non-hydrogen) atoms. The Labute approximate surface area is 55.1 Å². The van der Waals surface area contributed by atoms with Crippen LogP contribution in [-0.2, 0) is 4.94 Å². The molecular weight excluding hydrogens is 119 g/mol. The molecule has 1 fully saturated rings. The Kier molecular flexibility index (Phi) is 2.46. The Balaban J connectivity index is 2.30. The van der Waals surface area contributed by atoms with Crippen LogP contribution in [-0.4, -0.2) is 6.10 Å². The zero-order valence-corrected chi connectivity index (χ0v) is 5.77. The first-order valence-electron chi connectivity index (χ1n) is 3.62. The Hall–Kier alpha value is -0.110. The van der Waals surface area contributed by atoms with Crippen LogP contribution in [0.5, 0.6) is 0 Å². The molecule has 1 rings (SSSR count). The van der Waals surface area contributed by atoms with Crippen LogP contribution in [0.4, 0.5) is 4.53 Å². The largest absolute Gasteiger partial charge is 0.191 e. The zero-order chi connectivity index (χ0) is 6.69. The van der Waals surface area contributed by atoms with E-state index in [9.17, 15) is 4.53 Å². The molecule has 54 valence electrons. The van der Waals surface area contributed by atoms with Crippen molar-refractivity contribution >= 4 is 0 Å². The Morgan fingerprint density at radius 2 is 2.00 bits per heavy atom. The second-order valence-electron chi connectivity index (χ2n) is 2.89. The van der Waals surface area contributed by atoms with Gasteiger partial charge in [0.25, 0.3) is 0 Å². The molecule has 0 aliphatic heterocycles. The molecular formula is C7H13FO. The molecule has 1 saturated carbocycles. The van der Waals surface area contributed by atoms with Gasteiger partial charge in [-0.15, -0.1) is 0 Å². The average molecular weight is 132 g/mol. The van der Waals surface area contributed by atoms with Crippen LogP contribution in [0.2, 0.25) is 0 Å². The molecule has 1 aliphatic rings. The van der Waals surface area contributed by atoms with Gasteiger partial charge in [0.1, 0.15) is 6.10 Å². The third-order valence-corrected chi connectivity index (χ3v) is 2.15. The quantitative estimate of drug-likeness (QED) is 0.532. The van der Waals surface area contributed by atoms with Crippen molar-refractivity contribution in [2.24, 2.45) is 5.92 Å². The second-order valence-corrected chi connectivity index (χ2v) is 2.89. The van der Waals surface area contributed by atoms with Crippen LogP contribution in [0, 0.1) is 5.92 Å². The van der Waals surface area contributed by atoms with Crippen LogP contribution in [0.3, 0.4) is 0 Å². The molecule has 2 unspecified atom stereocenters. The second kappa shape index (κ2) is 3.16. The Bertz CT molecular complexity index is 85.0. The molecule has 0 saturated heterocycles. The summed E-state index contributed by atoms with van der Waals surface area (Å²) >= 11 is 0. The molecule has 0 radical (unpaired) electrons. The lowest BCUT2D eigenvalue weighted by Gasteiger charge is -2.24. The van der Waals surface area contributed by atoms with Gasteiger partial charge in [0.15, 0.2) is 0 Å². The summed E-state index contributed by atoms with van der Waals surface area (Å²) in [5, 5.41) is 0. The molecule has 0 aromatic rings. The summed E-state index contributed by atoms with van der Waals surface area (Å²) in [5.74, 6) is 0.420. The minimum absolute atomic E-state index is 0.112. The Morgan fingerprint density at radius 3 is 2.44 bits per heavy atom. The molecule has 0 bridgehead atoms. The van der Waals surface area contributed by atoms with Gasteiger partial charge in [-0.2, -0.15) is 4.94 Å². The highest BCUT2D eigenvalue weighted by atomic mass is 19.3. The van der Waals surface area contributed by atoms with E-state index in [-0.39, 0.29) is 6.10 Å². The SMILES string of the molecule is CC1CCCCC1OF. The number of rotatable bonds is 1. The van der Waals surface area contributed by atoms with Gasteiger partial charge in [-0.25, -0.2) is 0 Å². The van der Waals surface area contributed by atoms with Gasteiger partial charge in [-0.3, -0.25) is 0 Å². The van der Waals surface area contributed by atoms with Gasteiger partial charge in [-0.05, 0) is 23.3 Å². The van der Waals surface area contributed by atoms with Crippen molar-refractivity contribution in [3.05, 3.63) is 0 Å².